The number of aliphatic hydroxyl groups is 6. The first-order valence-corrected chi connectivity index (χ1v) is 12.5. The fraction of sp³-hybridized carbons (Fsp3) is 0.444. The zero-order valence-electron chi connectivity index (χ0n) is 21.5. The first kappa shape index (κ1) is 28.3. The Hall–Kier alpha value is -3.27. The largest absolute Gasteiger partial charge is 0.506 e. The van der Waals surface area contributed by atoms with Crippen LogP contribution in [0.15, 0.2) is 39.5 Å². The number of phenols is 1. The first-order chi connectivity index (χ1) is 19.1. The minimum Gasteiger partial charge on any atom is -0.506 e. The maximum Gasteiger partial charge on any atom is 0.197 e. The maximum atomic E-state index is 13.5. The lowest BCUT2D eigenvalue weighted by Crippen LogP contribution is -2.49. The Bertz CT molecular complexity index is 1440. The van der Waals surface area contributed by atoms with Crippen molar-refractivity contribution in [3.8, 4) is 28.6 Å². The Morgan fingerprint density at radius 2 is 1.32 bits per heavy atom. The molecule has 2 saturated heterocycles. The standard InChI is InChI=1S/C27H30O13/c1-36-11-5-3-10(4-6-11)15-7-12(28)16-21(33)17(26-22(34)19(31)13(29)8-38-26)24(37-2)18(25(16)40-15)27-23(35)20(32)14(30)9-39-27/h3-7,13-14,19-20,22-23,26-27,29-35H,8-9H2,1-2H3/t13-,14-,19-,20-,22?,23?,26-,27-/m0/s1. The summed E-state index contributed by atoms with van der Waals surface area (Å²) in [6.45, 7) is -0.822. The molecular weight excluding hydrogens is 532 g/mol. The van der Waals surface area contributed by atoms with Crippen LogP contribution >= 0.6 is 0 Å². The van der Waals surface area contributed by atoms with Crippen LogP contribution in [0.3, 0.4) is 0 Å². The highest BCUT2D eigenvalue weighted by Gasteiger charge is 2.46. The summed E-state index contributed by atoms with van der Waals surface area (Å²) in [5, 5.41) is 73.4. The van der Waals surface area contributed by atoms with Gasteiger partial charge in [0.25, 0.3) is 0 Å². The van der Waals surface area contributed by atoms with E-state index in [1.54, 1.807) is 24.3 Å². The minimum absolute atomic E-state index is 0.0778. The normalized spacial score (nSPS) is 30.8. The molecule has 2 fully saturated rings. The van der Waals surface area contributed by atoms with Crippen molar-refractivity contribution in [1.29, 1.82) is 0 Å². The Kier molecular flexibility index (Phi) is 7.74. The highest BCUT2D eigenvalue weighted by atomic mass is 16.5. The number of rotatable bonds is 5. The van der Waals surface area contributed by atoms with E-state index in [-0.39, 0.29) is 33.6 Å². The lowest BCUT2D eigenvalue weighted by Gasteiger charge is -2.38. The topological polar surface area (TPSA) is 209 Å². The maximum absolute atomic E-state index is 13.5. The van der Waals surface area contributed by atoms with Gasteiger partial charge in [0, 0.05) is 11.6 Å². The van der Waals surface area contributed by atoms with Crippen LogP contribution in [0.2, 0.25) is 0 Å². The molecule has 2 aliphatic rings. The molecule has 216 valence electrons. The number of benzene rings is 2. The molecular formula is C27H30O13. The van der Waals surface area contributed by atoms with Gasteiger partial charge < -0.3 is 59.1 Å². The number of ether oxygens (including phenoxy) is 4. The van der Waals surface area contributed by atoms with Crippen LogP contribution in [0.25, 0.3) is 22.3 Å². The molecule has 3 heterocycles. The van der Waals surface area contributed by atoms with Gasteiger partial charge in [0.05, 0.1) is 38.6 Å². The SMILES string of the molecule is COc1ccc(-c2cc(=O)c3c(O)c([C@@H]4OC[C@H](O)[C@H](O)C4O)c(OC)c([C@@H]4OC[C@H](O)[C@H](O)C4O)c3o2)cc1. The second-order valence-electron chi connectivity index (χ2n) is 9.72. The van der Waals surface area contributed by atoms with Gasteiger partial charge in [-0.15, -0.1) is 0 Å². The van der Waals surface area contributed by atoms with E-state index in [1.807, 2.05) is 0 Å². The van der Waals surface area contributed by atoms with E-state index in [9.17, 15) is 40.5 Å². The average Bonchev–Trinajstić information content (AvgIpc) is 2.95. The molecule has 2 unspecified atom stereocenters. The van der Waals surface area contributed by atoms with Gasteiger partial charge in [0.2, 0.25) is 0 Å². The highest BCUT2D eigenvalue weighted by molar-refractivity contribution is 5.92. The van der Waals surface area contributed by atoms with Crippen molar-refractivity contribution in [3.05, 3.63) is 51.7 Å². The van der Waals surface area contributed by atoms with Gasteiger partial charge in [0.15, 0.2) is 11.0 Å². The van der Waals surface area contributed by atoms with Crippen LogP contribution in [0, 0.1) is 0 Å². The molecule has 8 atom stereocenters. The van der Waals surface area contributed by atoms with E-state index >= 15 is 0 Å². The van der Waals surface area contributed by atoms with Crippen molar-refractivity contribution in [2.45, 2.75) is 48.8 Å². The van der Waals surface area contributed by atoms with Gasteiger partial charge in [-0.25, -0.2) is 0 Å². The van der Waals surface area contributed by atoms with E-state index in [0.29, 0.717) is 11.3 Å². The van der Waals surface area contributed by atoms with Crippen molar-refractivity contribution in [3.63, 3.8) is 0 Å². The van der Waals surface area contributed by atoms with E-state index in [1.165, 1.54) is 14.2 Å². The summed E-state index contributed by atoms with van der Waals surface area (Å²) in [7, 11) is 2.71. The van der Waals surface area contributed by atoms with Gasteiger partial charge in [-0.1, -0.05) is 0 Å². The molecule has 2 aliphatic heterocycles. The third kappa shape index (κ3) is 4.60. The van der Waals surface area contributed by atoms with Crippen molar-refractivity contribution in [2.24, 2.45) is 0 Å². The number of methoxy groups -OCH3 is 2. The van der Waals surface area contributed by atoms with Crippen LogP contribution in [0.4, 0.5) is 0 Å². The molecule has 0 amide bonds. The smallest absolute Gasteiger partial charge is 0.197 e. The fourth-order valence-corrected chi connectivity index (χ4v) is 5.16. The van der Waals surface area contributed by atoms with E-state index < -0.39 is 73.2 Å². The molecule has 0 spiro atoms. The van der Waals surface area contributed by atoms with Crippen molar-refractivity contribution in [1.82, 2.24) is 0 Å². The quantitative estimate of drug-likeness (QED) is 0.209. The zero-order valence-corrected chi connectivity index (χ0v) is 21.5. The zero-order chi connectivity index (χ0) is 28.9. The van der Waals surface area contributed by atoms with Crippen LogP contribution in [-0.2, 0) is 9.47 Å². The number of hydrogen-bond donors (Lipinski definition) is 7. The molecule has 1 aromatic heterocycles. The number of phenolic OH excluding ortho intramolecular Hbond substituents is 1. The molecule has 13 heteroatoms. The summed E-state index contributed by atoms with van der Waals surface area (Å²) in [6.07, 6.45) is -12.6. The molecule has 3 aromatic rings. The molecule has 0 saturated carbocycles. The second kappa shape index (κ2) is 11.0. The monoisotopic (exact) mass is 562 g/mol. The van der Waals surface area contributed by atoms with Crippen LogP contribution in [0.5, 0.6) is 17.2 Å². The lowest BCUT2D eigenvalue weighted by molar-refractivity contribution is -0.191. The van der Waals surface area contributed by atoms with Gasteiger partial charge >= 0.3 is 0 Å². The van der Waals surface area contributed by atoms with Crippen molar-refractivity contribution < 1.29 is 59.1 Å². The van der Waals surface area contributed by atoms with E-state index in [4.69, 9.17) is 23.4 Å². The van der Waals surface area contributed by atoms with Crippen molar-refractivity contribution in [2.75, 3.05) is 27.4 Å². The molecule has 7 N–H and O–H groups in total. The van der Waals surface area contributed by atoms with Gasteiger partial charge in [-0.3, -0.25) is 4.79 Å². The summed E-state index contributed by atoms with van der Waals surface area (Å²) >= 11 is 0. The van der Waals surface area contributed by atoms with Gasteiger partial charge in [-0.05, 0) is 24.3 Å². The molecule has 0 aliphatic carbocycles. The summed E-state index contributed by atoms with van der Waals surface area (Å²) in [6, 6.07) is 7.71. The Morgan fingerprint density at radius 3 is 1.85 bits per heavy atom. The predicted molar refractivity (Wildman–Crippen MR) is 136 cm³/mol. The summed E-state index contributed by atoms with van der Waals surface area (Å²) < 4.78 is 28.1. The molecule has 0 bridgehead atoms. The number of fused-ring (bicyclic) bond motifs is 1. The second-order valence-corrected chi connectivity index (χ2v) is 9.72. The lowest BCUT2D eigenvalue weighted by atomic mass is 9.86. The van der Waals surface area contributed by atoms with Gasteiger partial charge in [-0.2, -0.15) is 0 Å². The van der Waals surface area contributed by atoms with Crippen LogP contribution in [0.1, 0.15) is 23.3 Å². The minimum atomic E-state index is -1.76. The number of aromatic hydroxyl groups is 1. The third-order valence-corrected chi connectivity index (χ3v) is 7.32. The molecule has 2 aromatic carbocycles. The van der Waals surface area contributed by atoms with Crippen LogP contribution in [-0.4, -0.2) is 99.8 Å². The van der Waals surface area contributed by atoms with Crippen LogP contribution < -0.4 is 14.9 Å². The third-order valence-electron chi connectivity index (χ3n) is 7.32. The molecule has 40 heavy (non-hydrogen) atoms. The Balaban J connectivity index is 1.81. The first-order valence-electron chi connectivity index (χ1n) is 12.5. The van der Waals surface area contributed by atoms with Crippen molar-refractivity contribution >= 4 is 11.0 Å². The Labute approximate surface area is 227 Å². The average molecular weight is 563 g/mol. The van der Waals surface area contributed by atoms with Gasteiger partial charge in [0.1, 0.15) is 77.2 Å². The fourth-order valence-electron chi connectivity index (χ4n) is 5.16. The molecule has 5 rings (SSSR count). The summed E-state index contributed by atoms with van der Waals surface area (Å²) in [5.74, 6) is -0.292. The Morgan fingerprint density at radius 1 is 0.775 bits per heavy atom. The van der Waals surface area contributed by atoms with E-state index in [2.05, 4.69) is 0 Å². The summed E-state index contributed by atoms with van der Waals surface area (Å²) in [4.78, 5) is 13.5. The highest BCUT2D eigenvalue weighted by Crippen LogP contribution is 2.50. The molecule has 13 nitrogen and oxygen atoms in total. The molecule has 0 radical (unpaired) electrons. The predicted octanol–water partition coefficient (Wildman–Crippen LogP) is -0.509. The number of aliphatic hydroxyl groups excluding tert-OH is 6. The summed E-state index contributed by atoms with van der Waals surface area (Å²) in [5.41, 5.74) is -0.893. The number of hydrogen-bond acceptors (Lipinski definition) is 13. The van der Waals surface area contributed by atoms with E-state index in [0.717, 1.165) is 6.07 Å².